The van der Waals surface area contributed by atoms with Crippen LogP contribution in [0.5, 0.6) is 0 Å². The standard InChI is InChI=1S/C18H23NO/c1-2-19-17(13-15-9-12-20-14-15)18(10-6-11-18)16-7-4-3-5-8-16/h3-5,7-9,12,14,17,19H,2,6,10-11,13H2,1H3. The van der Waals surface area contributed by atoms with Crippen molar-refractivity contribution in [3.63, 3.8) is 0 Å². The second kappa shape index (κ2) is 5.84. The van der Waals surface area contributed by atoms with E-state index in [1.165, 1.54) is 30.4 Å². The van der Waals surface area contributed by atoms with Gasteiger partial charge in [0, 0.05) is 11.5 Å². The van der Waals surface area contributed by atoms with Gasteiger partial charge in [-0.25, -0.2) is 0 Å². The molecule has 1 aromatic heterocycles. The lowest BCUT2D eigenvalue weighted by Gasteiger charge is -2.49. The van der Waals surface area contributed by atoms with Crippen molar-refractivity contribution >= 4 is 0 Å². The maximum absolute atomic E-state index is 5.24. The largest absolute Gasteiger partial charge is 0.472 e. The molecule has 1 aliphatic carbocycles. The van der Waals surface area contributed by atoms with Gasteiger partial charge >= 0.3 is 0 Å². The summed E-state index contributed by atoms with van der Waals surface area (Å²) in [6, 6.07) is 13.6. The van der Waals surface area contributed by atoms with Crippen molar-refractivity contribution in [2.75, 3.05) is 6.54 Å². The highest BCUT2D eigenvalue weighted by Gasteiger charge is 2.44. The highest BCUT2D eigenvalue weighted by atomic mass is 16.3. The molecule has 0 spiro atoms. The average molecular weight is 269 g/mol. The van der Waals surface area contributed by atoms with Crippen LogP contribution in [0.1, 0.15) is 37.3 Å². The first-order chi connectivity index (χ1) is 9.85. The summed E-state index contributed by atoms with van der Waals surface area (Å²) in [7, 11) is 0. The van der Waals surface area contributed by atoms with Gasteiger partial charge in [-0.2, -0.15) is 0 Å². The molecular formula is C18H23NO. The first-order valence-electron chi connectivity index (χ1n) is 7.65. The monoisotopic (exact) mass is 269 g/mol. The van der Waals surface area contributed by atoms with Gasteiger partial charge < -0.3 is 9.73 Å². The van der Waals surface area contributed by atoms with E-state index in [2.05, 4.69) is 48.6 Å². The molecule has 0 saturated heterocycles. The predicted octanol–water partition coefficient (Wildman–Crippen LogP) is 3.92. The maximum atomic E-state index is 5.24. The van der Waals surface area contributed by atoms with E-state index < -0.39 is 0 Å². The highest BCUT2D eigenvalue weighted by molar-refractivity contribution is 5.31. The molecule has 0 amide bonds. The van der Waals surface area contributed by atoms with E-state index in [0.717, 1.165) is 13.0 Å². The van der Waals surface area contributed by atoms with Gasteiger partial charge in [0.2, 0.25) is 0 Å². The fraction of sp³-hybridized carbons (Fsp3) is 0.444. The molecule has 0 aliphatic heterocycles. The Morgan fingerprint density at radius 2 is 2.00 bits per heavy atom. The quantitative estimate of drug-likeness (QED) is 0.859. The summed E-state index contributed by atoms with van der Waals surface area (Å²) < 4.78 is 5.24. The number of benzene rings is 1. The second-order valence-corrected chi connectivity index (χ2v) is 5.82. The molecule has 2 nitrogen and oxygen atoms in total. The molecule has 2 heteroatoms. The van der Waals surface area contributed by atoms with Gasteiger partial charge in [0.15, 0.2) is 0 Å². The second-order valence-electron chi connectivity index (χ2n) is 5.82. The van der Waals surface area contributed by atoms with Gasteiger partial charge in [0.25, 0.3) is 0 Å². The molecule has 1 heterocycles. The van der Waals surface area contributed by atoms with E-state index in [-0.39, 0.29) is 0 Å². The molecule has 1 N–H and O–H groups in total. The minimum Gasteiger partial charge on any atom is -0.472 e. The fourth-order valence-electron chi connectivity index (χ4n) is 3.52. The van der Waals surface area contributed by atoms with Gasteiger partial charge in [-0.15, -0.1) is 0 Å². The molecular weight excluding hydrogens is 246 g/mol. The van der Waals surface area contributed by atoms with Crippen molar-refractivity contribution in [1.29, 1.82) is 0 Å². The van der Waals surface area contributed by atoms with Crippen molar-refractivity contribution in [2.45, 2.75) is 44.1 Å². The van der Waals surface area contributed by atoms with Crippen LogP contribution in [0.15, 0.2) is 53.3 Å². The van der Waals surface area contributed by atoms with Crippen LogP contribution in [-0.4, -0.2) is 12.6 Å². The molecule has 0 radical (unpaired) electrons. The summed E-state index contributed by atoms with van der Waals surface area (Å²) in [5.41, 5.74) is 3.08. The topological polar surface area (TPSA) is 25.2 Å². The third-order valence-corrected chi connectivity index (χ3v) is 4.73. The van der Waals surface area contributed by atoms with Crippen LogP contribution in [0.25, 0.3) is 0 Å². The molecule has 106 valence electrons. The van der Waals surface area contributed by atoms with Gasteiger partial charge in [-0.3, -0.25) is 0 Å². The van der Waals surface area contributed by atoms with Crippen LogP contribution >= 0.6 is 0 Å². The lowest BCUT2D eigenvalue weighted by molar-refractivity contribution is 0.169. The van der Waals surface area contributed by atoms with Crippen molar-refractivity contribution < 1.29 is 4.42 Å². The number of likely N-dealkylation sites (N-methyl/N-ethyl adjacent to an activating group) is 1. The number of rotatable bonds is 6. The van der Waals surface area contributed by atoms with Crippen LogP contribution in [0.4, 0.5) is 0 Å². The van der Waals surface area contributed by atoms with Crippen LogP contribution in [0.2, 0.25) is 0 Å². The van der Waals surface area contributed by atoms with E-state index in [1.807, 2.05) is 6.26 Å². The highest BCUT2D eigenvalue weighted by Crippen LogP contribution is 2.47. The van der Waals surface area contributed by atoms with E-state index in [0.29, 0.717) is 11.5 Å². The zero-order valence-corrected chi connectivity index (χ0v) is 12.1. The van der Waals surface area contributed by atoms with Crippen LogP contribution in [0, 0.1) is 0 Å². The van der Waals surface area contributed by atoms with E-state index in [1.54, 1.807) is 6.26 Å². The Kier molecular flexibility index (Phi) is 3.93. The minimum atomic E-state index is 0.300. The summed E-state index contributed by atoms with van der Waals surface area (Å²) in [6.07, 6.45) is 8.59. The molecule has 1 unspecified atom stereocenters. The van der Waals surface area contributed by atoms with E-state index in [4.69, 9.17) is 4.42 Å². The minimum absolute atomic E-state index is 0.300. The Bertz CT molecular complexity index is 514. The molecule has 1 aromatic carbocycles. The Morgan fingerprint density at radius 3 is 2.55 bits per heavy atom. The van der Waals surface area contributed by atoms with Crippen molar-refractivity contribution in [1.82, 2.24) is 5.32 Å². The number of furan rings is 1. The SMILES string of the molecule is CCNC(Cc1ccoc1)C1(c2ccccc2)CCC1. The first kappa shape index (κ1) is 13.4. The average Bonchev–Trinajstić information content (AvgIpc) is 2.92. The molecule has 1 aliphatic rings. The van der Waals surface area contributed by atoms with Gasteiger partial charge in [-0.05, 0) is 43.0 Å². The van der Waals surface area contributed by atoms with Crippen molar-refractivity contribution in [3.8, 4) is 0 Å². The summed E-state index contributed by atoms with van der Waals surface area (Å²) in [5.74, 6) is 0. The molecule has 3 rings (SSSR count). The van der Waals surface area contributed by atoms with Gasteiger partial charge in [0.05, 0.1) is 12.5 Å². The van der Waals surface area contributed by atoms with E-state index >= 15 is 0 Å². The van der Waals surface area contributed by atoms with Gasteiger partial charge in [0.1, 0.15) is 0 Å². The Morgan fingerprint density at radius 1 is 1.20 bits per heavy atom. The predicted molar refractivity (Wildman–Crippen MR) is 81.8 cm³/mol. The third kappa shape index (κ3) is 2.40. The summed E-state index contributed by atoms with van der Waals surface area (Å²) >= 11 is 0. The molecule has 0 bridgehead atoms. The molecule has 20 heavy (non-hydrogen) atoms. The zero-order valence-electron chi connectivity index (χ0n) is 12.1. The lowest BCUT2D eigenvalue weighted by atomic mass is 9.59. The van der Waals surface area contributed by atoms with Crippen LogP contribution < -0.4 is 5.32 Å². The lowest BCUT2D eigenvalue weighted by Crippen LogP contribution is -2.53. The molecule has 1 fully saturated rings. The van der Waals surface area contributed by atoms with Crippen molar-refractivity contribution in [2.24, 2.45) is 0 Å². The zero-order chi connectivity index (χ0) is 13.8. The summed E-state index contributed by atoms with van der Waals surface area (Å²) in [5, 5.41) is 3.72. The number of hydrogen-bond donors (Lipinski definition) is 1. The van der Waals surface area contributed by atoms with Gasteiger partial charge in [-0.1, -0.05) is 43.7 Å². The Labute approximate surface area is 121 Å². The summed E-state index contributed by atoms with van der Waals surface area (Å²) in [6.45, 7) is 3.21. The van der Waals surface area contributed by atoms with Crippen LogP contribution in [-0.2, 0) is 11.8 Å². The molecule has 1 saturated carbocycles. The summed E-state index contributed by atoms with van der Waals surface area (Å²) in [4.78, 5) is 0. The van der Waals surface area contributed by atoms with E-state index in [9.17, 15) is 0 Å². The Balaban J connectivity index is 1.88. The fourth-order valence-corrected chi connectivity index (χ4v) is 3.52. The third-order valence-electron chi connectivity index (χ3n) is 4.73. The molecule has 1 atom stereocenters. The Hall–Kier alpha value is -1.54. The normalized spacial score (nSPS) is 18.4. The maximum Gasteiger partial charge on any atom is 0.0935 e. The van der Waals surface area contributed by atoms with Crippen molar-refractivity contribution in [3.05, 3.63) is 60.1 Å². The number of hydrogen-bond acceptors (Lipinski definition) is 2. The molecule has 2 aromatic rings. The number of nitrogens with one attached hydrogen (secondary N) is 1. The smallest absolute Gasteiger partial charge is 0.0935 e. The van der Waals surface area contributed by atoms with Crippen LogP contribution in [0.3, 0.4) is 0 Å². The first-order valence-corrected chi connectivity index (χ1v) is 7.65.